The minimum Gasteiger partial charge on any atom is -0.204 e. The molecular formula is C26H6F12. The summed E-state index contributed by atoms with van der Waals surface area (Å²) in [7, 11) is 0. The first kappa shape index (κ1) is 25.4. The highest BCUT2D eigenvalue weighted by atomic mass is 19.2. The van der Waals surface area contributed by atoms with Crippen molar-refractivity contribution >= 4 is 21.5 Å². The van der Waals surface area contributed by atoms with Crippen LogP contribution in [0.3, 0.4) is 0 Å². The van der Waals surface area contributed by atoms with Crippen molar-refractivity contribution in [1.82, 2.24) is 0 Å². The van der Waals surface area contributed by atoms with Gasteiger partial charge in [0.25, 0.3) is 0 Å². The van der Waals surface area contributed by atoms with Crippen LogP contribution >= 0.6 is 0 Å². The van der Waals surface area contributed by atoms with Crippen LogP contribution in [0.25, 0.3) is 43.8 Å². The molecule has 0 bridgehead atoms. The quantitative estimate of drug-likeness (QED) is 0.0898. The van der Waals surface area contributed by atoms with Gasteiger partial charge in [0.15, 0.2) is 69.8 Å². The van der Waals surface area contributed by atoms with Crippen molar-refractivity contribution in [3.8, 4) is 22.3 Å². The van der Waals surface area contributed by atoms with E-state index in [1.165, 1.54) is 0 Å². The van der Waals surface area contributed by atoms with E-state index in [0.717, 1.165) is 24.3 Å². The highest BCUT2D eigenvalue weighted by molar-refractivity contribution is 6.22. The van der Waals surface area contributed by atoms with Crippen LogP contribution in [0.2, 0.25) is 0 Å². The molecule has 38 heavy (non-hydrogen) atoms. The van der Waals surface area contributed by atoms with Gasteiger partial charge in [0, 0.05) is 34.0 Å². The lowest BCUT2D eigenvalue weighted by Crippen LogP contribution is -2.07. The van der Waals surface area contributed by atoms with E-state index in [1.807, 2.05) is 0 Å². The molecule has 0 saturated heterocycles. The molecule has 194 valence electrons. The van der Waals surface area contributed by atoms with Gasteiger partial charge >= 0.3 is 0 Å². The Hall–Kier alpha value is -4.22. The van der Waals surface area contributed by atoms with E-state index in [9.17, 15) is 43.9 Å². The first-order chi connectivity index (χ1) is 17.9. The molecule has 5 aromatic rings. The van der Waals surface area contributed by atoms with Crippen LogP contribution < -0.4 is 0 Å². The van der Waals surface area contributed by atoms with Crippen LogP contribution in [0.15, 0.2) is 36.4 Å². The first-order valence-corrected chi connectivity index (χ1v) is 10.2. The molecule has 5 rings (SSSR count). The van der Waals surface area contributed by atoms with Gasteiger partial charge in [0.1, 0.15) is 0 Å². The molecular weight excluding hydrogens is 540 g/mol. The number of hydrogen-bond acceptors (Lipinski definition) is 0. The van der Waals surface area contributed by atoms with Crippen molar-refractivity contribution in [2.75, 3.05) is 0 Å². The van der Waals surface area contributed by atoms with Gasteiger partial charge in [-0.05, 0) is 10.8 Å². The van der Waals surface area contributed by atoms with Crippen LogP contribution in [0.1, 0.15) is 0 Å². The van der Waals surface area contributed by atoms with Gasteiger partial charge in [0.05, 0.1) is 11.1 Å². The van der Waals surface area contributed by atoms with Crippen LogP contribution in [-0.4, -0.2) is 0 Å². The molecule has 0 unspecified atom stereocenters. The average Bonchev–Trinajstić information content (AvgIpc) is 2.89. The Morgan fingerprint density at radius 3 is 0.895 bits per heavy atom. The van der Waals surface area contributed by atoms with Crippen LogP contribution in [0, 0.1) is 69.8 Å². The zero-order valence-corrected chi connectivity index (χ0v) is 18.0. The summed E-state index contributed by atoms with van der Waals surface area (Å²) >= 11 is 0. The maximum absolute atomic E-state index is 15.3. The van der Waals surface area contributed by atoms with Gasteiger partial charge in [-0.1, -0.05) is 24.3 Å². The minimum atomic E-state index is -2.57. The van der Waals surface area contributed by atoms with Crippen LogP contribution in [0.4, 0.5) is 52.7 Å². The largest absolute Gasteiger partial charge is 0.204 e. The average molecular weight is 546 g/mol. The number of halogens is 12. The molecule has 12 heteroatoms. The van der Waals surface area contributed by atoms with Crippen LogP contribution in [0.5, 0.6) is 0 Å². The Kier molecular flexibility index (Phi) is 5.80. The van der Waals surface area contributed by atoms with E-state index >= 15 is 8.78 Å². The zero-order valence-electron chi connectivity index (χ0n) is 18.0. The maximum Gasteiger partial charge on any atom is 0.198 e. The van der Waals surface area contributed by atoms with Crippen molar-refractivity contribution in [3.05, 3.63) is 106 Å². The summed E-state index contributed by atoms with van der Waals surface area (Å²) in [6.07, 6.45) is 0. The topological polar surface area (TPSA) is 0 Å². The highest BCUT2D eigenvalue weighted by Crippen LogP contribution is 2.49. The van der Waals surface area contributed by atoms with E-state index < -0.39 is 114 Å². The van der Waals surface area contributed by atoms with Gasteiger partial charge in [-0.2, -0.15) is 0 Å². The van der Waals surface area contributed by atoms with Crippen LogP contribution in [-0.2, 0) is 0 Å². The second kappa shape index (κ2) is 8.67. The van der Waals surface area contributed by atoms with Crippen molar-refractivity contribution in [2.45, 2.75) is 0 Å². The lowest BCUT2D eigenvalue weighted by atomic mass is 9.84. The second-order valence-electron chi connectivity index (χ2n) is 7.99. The summed E-state index contributed by atoms with van der Waals surface area (Å²) in [4.78, 5) is 0. The van der Waals surface area contributed by atoms with Gasteiger partial charge in [-0.25, -0.2) is 52.7 Å². The van der Waals surface area contributed by atoms with Crippen molar-refractivity contribution in [3.63, 3.8) is 0 Å². The molecule has 0 heterocycles. The van der Waals surface area contributed by atoms with E-state index in [2.05, 4.69) is 0 Å². The van der Waals surface area contributed by atoms with Gasteiger partial charge in [-0.3, -0.25) is 0 Å². The monoisotopic (exact) mass is 546 g/mol. The SMILES string of the molecule is Fc1cc(F)c(F)c(-c2c3ccccc3c(-c3c(F)c(F)cc(F)c3F)c3c(F)c(F)c(F)c(F)c23)c1F. The van der Waals surface area contributed by atoms with Crippen molar-refractivity contribution in [1.29, 1.82) is 0 Å². The second-order valence-corrected chi connectivity index (χ2v) is 7.99. The molecule has 0 spiro atoms. The number of rotatable bonds is 2. The first-order valence-electron chi connectivity index (χ1n) is 10.2. The Morgan fingerprint density at radius 2 is 0.605 bits per heavy atom. The van der Waals surface area contributed by atoms with Crippen molar-refractivity contribution < 1.29 is 52.7 Å². The van der Waals surface area contributed by atoms with Gasteiger partial charge in [0.2, 0.25) is 0 Å². The molecule has 0 fully saturated rings. The number of fused-ring (bicyclic) bond motifs is 2. The Labute approximate surface area is 203 Å². The molecule has 0 N–H and O–H groups in total. The Morgan fingerprint density at radius 1 is 0.316 bits per heavy atom. The predicted octanol–water partition coefficient (Wildman–Crippen LogP) is 9.00. The van der Waals surface area contributed by atoms with E-state index in [-0.39, 0.29) is 12.1 Å². The Bertz CT molecular complexity index is 1660. The minimum absolute atomic E-state index is 0.218. The summed E-state index contributed by atoms with van der Waals surface area (Å²) in [5.74, 6) is -26.7. The third kappa shape index (κ3) is 3.35. The molecule has 0 atom stereocenters. The summed E-state index contributed by atoms with van der Waals surface area (Å²) < 4.78 is 175. The standard InChI is InChI=1S/C26H6F12/c27-9-5-10(28)20(32)17(19(9)31)13-7-3-1-2-4-8(7)14(18-21(33)11(29)6-12(30)22(18)34)16-15(13)23(35)25(37)26(38)24(16)36/h1-6H. The molecule has 0 amide bonds. The summed E-state index contributed by atoms with van der Waals surface area (Å²) in [6.45, 7) is 0. The molecule has 5 aromatic carbocycles. The Balaban J connectivity index is 2.22. The fourth-order valence-electron chi connectivity index (χ4n) is 4.39. The summed E-state index contributed by atoms with van der Waals surface area (Å²) in [6, 6.07) is 3.40. The van der Waals surface area contributed by atoms with E-state index in [4.69, 9.17) is 0 Å². The molecule has 0 aliphatic carbocycles. The molecule has 0 radical (unpaired) electrons. The molecule has 0 aliphatic rings. The zero-order chi connectivity index (χ0) is 27.8. The smallest absolute Gasteiger partial charge is 0.198 e. The highest BCUT2D eigenvalue weighted by Gasteiger charge is 2.34. The van der Waals surface area contributed by atoms with E-state index in [0.29, 0.717) is 0 Å². The number of benzene rings is 5. The third-order valence-electron chi connectivity index (χ3n) is 5.96. The third-order valence-corrected chi connectivity index (χ3v) is 5.96. The van der Waals surface area contributed by atoms with Crippen molar-refractivity contribution in [2.24, 2.45) is 0 Å². The molecule has 0 saturated carbocycles. The summed E-state index contributed by atoms with van der Waals surface area (Å²) in [5.41, 5.74) is -5.96. The maximum atomic E-state index is 15.3. The lowest BCUT2D eigenvalue weighted by Gasteiger charge is -2.20. The molecule has 0 aromatic heterocycles. The summed E-state index contributed by atoms with van der Waals surface area (Å²) in [5, 5.41) is -4.71. The molecule has 0 aliphatic heterocycles. The van der Waals surface area contributed by atoms with Gasteiger partial charge < -0.3 is 0 Å². The molecule has 0 nitrogen and oxygen atoms in total. The number of hydrogen-bond donors (Lipinski definition) is 0. The fraction of sp³-hybridized carbons (Fsp3) is 0. The normalized spacial score (nSPS) is 11.7. The fourth-order valence-corrected chi connectivity index (χ4v) is 4.39. The van der Waals surface area contributed by atoms with Gasteiger partial charge in [-0.15, -0.1) is 0 Å². The van der Waals surface area contributed by atoms with E-state index in [1.54, 1.807) is 0 Å². The lowest BCUT2D eigenvalue weighted by molar-refractivity contribution is 0.418. The predicted molar refractivity (Wildman–Crippen MR) is 112 cm³/mol.